The van der Waals surface area contributed by atoms with Crippen molar-refractivity contribution >= 4 is 24.9 Å². The molecule has 0 bridgehead atoms. The molecule has 0 aliphatic carbocycles. The number of hydrogen-bond donors (Lipinski definition) is 2. The molecule has 1 aromatic carbocycles. The molecule has 5 heteroatoms. The molecule has 0 saturated carbocycles. The van der Waals surface area contributed by atoms with Gasteiger partial charge in [0.05, 0.1) is 0 Å². The molecule has 0 fully saturated rings. The summed E-state index contributed by atoms with van der Waals surface area (Å²) >= 11 is 0. The van der Waals surface area contributed by atoms with Gasteiger partial charge in [-0.05, 0) is 17.1 Å². The quantitative estimate of drug-likeness (QED) is 0.423. The molecule has 0 aliphatic rings. The van der Waals surface area contributed by atoms with Crippen LogP contribution in [0.25, 0.3) is 6.08 Å². The van der Waals surface area contributed by atoms with Crippen LogP contribution in [0.15, 0.2) is 30.3 Å². The summed E-state index contributed by atoms with van der Waals surface area (Å²) in [5, 5.41) is 17.9. The van der Waals surface area contributed by atoms with Gasteiger partial charge in [0.2, 0.25) is 0 Å². The van der Waals surface area contributed by atoms with Gasteiger partial charge in [-0.2, -0.15) is 0 Å². The average Bonchev–Trinajstić information content (AvgIpc) is 2.27. The van der Waals surface area contributed by atoms with E-state index in [-0.39, 0.29) is 0 Å². The predicted molar refractivity (Wildman–Crippen MR) is 64.3 cm³/mol. The van der Waals surface area contributed by atoms with Gasteiger partial charge in [-0.1, -0.05) is 30.3 Å². The van der Waals surface area contributed by atoms with E-state index in [4.69, 9.17) is 10.0 Å². The average molecular weight is 222 g/mol. The third-order valence-electron chi connectivity index (χ3n) is 1.63. The van der Waals surface area contributed by atoms with Crippen molar-refractivity contribution in [2.24, 2.45) is 0 Å². The zero-order valence-corrected chi connectivity index (χ0v) is 9.33. The van der Waals surface area contributed by atoms with Gasteiger partial charge in [0.1, 0.15) is 6.29 Å². The molecular formula is C11H15BO4. The maximum absolute atomic E-state index is 10.0. The standard InChI is InChI=1S/C9H9BO3.C2H6O/c11-7-3-5-8-4-1-2-6-9(8)10(12)13;1-3-2/h1-7,12-13H;1-2H3/b5-3+;. The first kappa shape index (κ1) is 14.6. The molecule has 0 amide bonds. The minimum absolute atomic E-state index is 0.389. The highest BCUT2D eigenvalue weighted by atomic mass is 16.4. The fourth-order valence-electron chi connectivity index (χ4n) is 1.04. The molecular weight excluding hydrogens is 207 g/mol. The van der Waals surface area contributed by atoms with E-state index in [0.29, 0.717) is 17.3 Å². The SMILES string of the molecule is COC.O=C/C=C/c1ccccc1B(O)O. The second-order valence-corrected chi connectivity index (χ2v) is 2.91. The number of carbonyl (C=O) groups excluding carboxylic acids is 1. The molecule has 0 radical (unpaired) electrons. The zero-order valence-electron chi connectivity index (χ0n) is 9.33. The number of hydrogen-bond acceptors (Lipinski definition) is 4. The molecule has 0 atom stereocenters. The summed E-state index contributed by atoms with van der Waals surface area (Å²) in [7, 11) is 1.74. The molecule has 0 heterocycles. The van der Waals surface area contributed by atoms with Crippen LogP contribution in [0.4, 0.5) is 0 Å². The molecule has 16 heavy (non-hydrogen) atoms. The first-order valence-corrected chi connectivity index (χ1v) is 4.64. The molecule has 1 aromatic rings. The number of aldehydes is 1. The molecule has 1 rings (SSSR count). The molecule has 0 spiro atoms. The number of methoxy groups -OCH3 is 1. The van der Waals surface area contributed by atoms with Crippen molar-refractivity contribution in [3.63, 3.8) is 0 Å². The zero-order chi connectivity index (χ0) is 12.4. The smallest absolute Gasteiger partial charge is 0.423 e. The highest BCUT2D eigenvalue weighted by molar-refractivity contribution is 6.59. The molecule has 0 saturated heterocycles. The Morgan fingerprint density at radius 2 is 1.81 bits per heavy atom. The van der Waals surface area contributed by atoms with Crippen LogP contribution >= 0.6 is 0 Å². The summed E-state index contributed by atoms with van der Waals surface area (Å²) in [6, 6.07) is 6.76. The monoisotopic (exact) mass is 222 g/mol. The second kappa shape index (κ2) is 8.85. The van der Waals surface area contributed by atoms with Crippen molar-refractivity contribution in [2.45, 2.75) is 0 Å². The Morgan fingerprint density at radius 1 is 1.25 bits per heavy atom. The van der Waals surface area contributed by atoms with E-state index < -0.39 is 7.12 Å². The lowest BCUT2D eigenvalue weighted by molar-refractivity contribution is -0.104. The van der Waals surface area contributed by atoms with Crippen LogP contribution in [0.5, 0.6) is 0 Å². The summed E-state index contributed by atoms with van der Waals surface area (Å²) in [4.78, 5) is 10.0. The minimum Gasteiger partial charge on any atom is -0.423 e. The summed E-state index contributed by atoms with van der Waals surface area (Å²) in [6.45, 7) is 0. The Morgan fingerprint density at radius 3 is 2.31 bits per heavy atom. The van der Waals surface area contributed by atoms with Gasteiger partial charge < -0.3 is 14.8 Å². The van der Waals surface area contributed by atoms with E-state index in [0.717, 1.165) is 0 Å². The second-order valence-electron chi connectivity index (χ2n) is 2.91. The van der Waals surface area contributed by atoms with Gasteiger partial charge in [-0.25, -0.2) is 0 Å². The summed E-state index contributed by atoms with van der Waals surface area (Å²) in [5.74, 6) is 0. The number of allylic oxidation sites excluding steroid dienone is 1. The normalized spacial score (nSPS) is 9.50. The van der Waals surface area contributed by atoms with Crippen molar-refractivity contribution in [1.29, 1.82) is 0 Å². The van der Waals surface area contributed by atoms with Gasteiger partial charge >= 0.3 is 7.12 Å². The number of ether oxygens (including phenoxy) is 1. The first-order chi connectivity index (χ1) is 7.67. The first-order valence-electron chi connectivity index (χ1n) is 4.64. The molecule has 0 aliphatic heterocycles. The van der Waals surface area contributed by atoms with E-state index in [1.807, 2.05) is 0 Å². The molecule has 86 valence electrons. The van der Waals surface area contributed by atoms with Crippen LogP contribution in [0.1, 0.15) is 5.56 Å². The van der Waals surface area contributed by atoms with Crippen LogP contribution in [0.2, 0.25) is 0 Å². The van der Waals surface area contributed by atoms with Crippen LogP contribution in [0.3, 0.4) is 0 Å². The van der Waals surface area contributed by atoms with E-state index in [1.165, 1.54) is 12.2 Å². The fourth-order valence-corrected chi connectivity index (χ4v) is 1.04. The van der Waals surface area contributed by atoms with Crippen LogP contribution in [0, 0.1) is 0 Å². The largest absolute Gasteiger partial charge is 0.489 e. The number of rotatable bonds is 3. The van der Waals surface area contributed by atoms with Crippen molar-refractivity contribution in [1.82, 2.24) is 0 Å². The maximum Gasteiger partial charge on any atom is 0.489 e. The Hall–Kier alpha value is -1.43. The van der Waals surface area contributed by atoms with E-state index in [1.54, 1.807) is 38.5 Å². The minimum atomic E-state index is -1.51. The van der Waals surface area contributed by atoms with Gasteiger partial charge in [0.15, 0.2) is 0 Å². The van der Waals surface area contributed by atoms with Crippen LogP contribution in [-0.4, -0.2) is 37.7 Å². The maximum atomic E-state index is 10.0. The Kier molecular flexibility index (Phi) is 8.06. The van der Waals surface area contributed by atoms with Gasteiger partial charge in [0.25, 0.3) is 0 Å². The van der Waals surface area contributed by atoms with Crippen molar-refractivity contribution in [3.05, 3.63) is 35.9 Å². The van der Waals surface area contributed by atoms with Gasteiger partial charge in [-0.3, -0.25) is 4.79 Å². The lowest BCUT2D eigenvalue weighted by Crippen LogP contribution is -2.31. The third kappa shape index (κ3) is 5.45. The Labute approximate surface area is 95.3 Å². The Balaban J connectivity index is 0.000000673. The highest BCUT2D eigenvalue weighted by Gasteiger charge is 2.12. The van der Waals surface area contributed by atoms with Crippen LogP contribution < -0.4 is 5.46 Å². The molecule has 4 nitrogen and oxygen atoms in total. The summed E-state index contributed by atoms with van der Waals surface area (Å²) in [5.41, 5.74) is 1.02. The van der Waals surface area contributed by atoms with Gasteiger partial charge in [0, 0.05) is 14.2 Å². The molecule has 0 aromatic heterocycles. The fraction of sp³-hybridized carbons (Fsp3) is 0.182. The lowest BCUT2D eigenvalue weighted by Gasteiger charge is -2.02. The van der Waals surface area contributed by atoms with Crippen LogP contribution in [-0.2, 0) is 9.53 Å². The summed E-state index contributed by atoms with van der Waals surface area (Å²) in [6.07, 6.45) is 3.48. The predicted octanol–water partition coefficient (Wildman–Crippen LogP) is -0.159. The van der Waals surface area contributed by atoms with E-state index in [9.17, 15) is 4.79 Å². The summed E-state index contributed by atoms with van der Waals surface area (Å²) < 4.78 is 4.25. The Bertz CT molecular complexity index is 337. The van der Waals surface area contributed by atoms with Crippen molar-refractivity contribution < 1.29 is 19.6 Å². The van der Waals surface area contributed by atoms with E-state index in [2.05, 4.69) is 4.74 Å². The van der Waals surface area contributed by atoms with E-state index >= 15 is 0 Å². The number of carbonyl (C=O) groups is 1. The molecule has 2 N–H and O–H groups in total. The number of benzene rings is 1. The van der Waals surface area contributed by atoms with Crippen molar-refractivity contribution in [3.8, 4) is 0 Å². The highest BCUT2D eigenvalue weighted by Crippen LogP contribution is 1.98. The molecule has 0 unspecified atom stereocenters. The lowest BCUT2D eigenvalue weighted by atomic mass is 9.77. The topological polar surface area (TPSA) is 66.8 Å². The van der Waals surface area contributed by atoms with Gasteiger partial charge in [-0.15, -0.1) is 0 Å². The van der Waals surface area contributed by atoms with Crippen molar-refractivity contribution in [2.75, 3.05) is 14.2 Å². The third-order valence-corrected chi connectivity index (χ3v) is 1.63.